The van der Waals surface area contributed by atoms with E-state index in [2.05, 4.69) is 24.3 Å². The van der Waals surface area contributed by atoms with E-state index in [4.69, 9.17) is 26.8 Å². The number of alkyl halides is 2. The fourth-order valence-corrected chi connectivity index (χ4v) is 3.83. The summed E-state index contributed by atoms with van der Waals surface area (Å²) in [7, 11) is 0. The molecule has 0 saturated heterocycles. The maximum Gasteiger partial charge on any atom is 0.0450 e. The van der Waals surface area contributed by atoms with Crippen molar-refractivity contribution >= 4 is 47.3 Å². The Bertz CT molecular complexity index is 514. The van der Waals surface area contributed by atoms with E-state index < -0.39 is 0 Å². The van der Waals surface area contributed by atoms with E-state index in [1.165, 1.54) is 35.2 Å². The first-order valence-electron chi connectivity index (χ1n) is 6.64. The highest BCUT2D eigenvalue weighted by atomic mass is 35.5. The van der Waals surface area contributed by atoms with E-state index in [0.717, 1.165) is 22.6 Å². The zero-order valence-electron chi connectivity index (χ0n) is 11.4. The molecule has 0 heterocycles. The third kappa shape index (κ3) is 5.42. The molecule has 2 aromatic carbocycles. The van der Waals surface area contributed by atoms with Crippen LogP contribution < -0.4 is 0 Å². The summed E-state index contributed by atoms with van der Waals surface area (Å²) < 4.78 is 5.73. The summed E-state index contributed by atoms with van der Waals surface area (Å²) in [5, 5.41) is 0. The molecule has 0 saturated carbocycles. The molecule has 0 aliphatic heterocycles. The molecule has 112 valence electrons. The summed E-state index contributed by atoms with van der Waals surface area (Å²) in [5.41, 5.74) is 2.43. The molecular formula is C16H16Cl2OS2. The van der Waals surface area contributed by atoms with Crippen LogP contribution in [0.5, 0.6) is 0 Å². The molecule has 0 radical (unpaired) electrons. The second-order valence-electron chi connectivity index (χ2n) is 4.33. The van der Waals surface area contributed by atoms with Crippen molar-refractivity contribution in [3.05, 3.63) is 59.7 Å². The van der Waals surface area contributed by atoms with Crippen molar-refractivity contribution < 1.29 is 3.63 Å². The van der Waals surface area contributed by atoms with Gasteiger partial charge in [0.1, 0.15) is 0 Å². The van der Waals surface area contributed by atoms with Crippen LogP contribution in [0.25, 0.3) is 0 Å². The maximum atomic E-state index is 5.83. The maximum absolute atomic E-state index is 5.83. The topological polar surface area (TPSA) is 9.23 Å². The van der Waals surface area contributed by atoms with Gasteiger partial charge in [-0.15, -0.1) is 23.2 Å². The van der Waals surface area contributed by atoms with Gasteiger partial charge in [-0.2, -0.15) is 0 Å². The second kappa shape index (κ2) is 9.65. The molecule has 0 amide bonds. The van der Waals surface area contributed by atoms with Crippen molar-refractivity contribution in [2.75, 3.05) is 11.8 Å². The Morgan fingerprint density at radius 2 is 1.14 bits per heavy atom. The van der Waals surface area contributed by atoms with Crippen LogP contribution in [0, 0.1) is 0 Å². The molecule has 0 spiro atoms. The standard InChI is InChI=1S/C16H16Cl2OS2/c17-11-9-13-5-1-3-7-15(13)20-19-21-16-8-4-2-6-14(16)10-12-18/h1-8H,9-12H2. The molecule has 0 unspecified atom stereocenters. The Hall–Kier alpha value is -0.320. The van der Waals surface area contributed by atoms with Gasteiger partial charge in [-0.1, -0.05) is 36.4 Å². The van der Waals surface area contributed by atoms with Crippen LogP contribution in [0.15, 0.2) is 58.3 Å². The highest BCUT2D eigenvalue weighted by molar-refractivity contribution is 8.08. The van der Waals surface area contributed by atoms with E-state index in [0.29, 0.717) is 11.8 Å². The van der Waals surface area contributed by atoms with Gasteiger partial charge in [0.2, 0.25) is 0 Å². The number of hydrogen-bond donors (Lipinski definition) is 0. The highest BCUT2D eigenvalue weighted by Crippen LogP contribution is 2.33. The van der Waals surface area contributed by atoms with Crippen molar-refractivity contribution in [3.8, 4) is 0 Å². The predicted octanol–water partition coefficient (Wildman–Crippen LogP) is 5.98. The minimum absolute atomic E-state index is 0.614. The lowest BCUT2D eigenvalue weighted by Gasteiger charge is -2.09. The second-order valence-corrected chi connectivity index (χ2v) is 6.84. The largest absolute Gasteiger partial charge is 0.237 e. The first-order chi connectivity index (χ1) is 10.3. The number of halogens is 2. The summed E-state index contributed by atoms with van der Waals surface area (Å²) in [6, 6.07) is 16.3. The summed E-state index contributed by atoms with van der Waals surface area (Å²) in [4.78, 5) is 2.22. The summed E-state index contributed by atoms with van der Waals surface area (Å²) >= 11 is 14.4. The molecule has 1 nitrogen and oxygen atoms in total. The molecule has 0 N–H and O–H groups in total. The molecule has 0 bridgehead atoms. The summed E-state index contributed by atoms with van der Waals surface area (Å²) in [5.74, 6) is 1.23. The molecule has 0 atom stereocenters. The molecular weight excluding hydrogens is 343 g/mol. The smallest absolute Gasteiger partial charge is 0.0450 e. The molecule has 0 aliphatic rings. The van der Waals surface area contributed by atoms with Gasteiger partial charge in [0.25, 0.3) is 0 Å². The fraction of sp³-hybridized carbons (Fsp3) is 0.250. The average molecular weight is 359 g/mol. The Labute approximate surface area is 144 Å². The molecule has 2 aromatic rings. The number of benzene rings is 2. The van der Waals surface area contributed by atoms with Crippen LogP contribution in [0.1, 0.15) is 11.1 Å². The number of hydrogen-bond acceptors (Lipinski definition) is 3. The van der Waals surface area contributed by atoms with E-state index >= 15 is 0 Å². The van der Waals surface area contributed by atoms with Crippen molar-refractivity contribution in [3.63, 3.8) is 0 Å². The zero-order chi connectivity index (χ0) is 14.9. The quantitative estimate of drug-likeness (QED) is 0.424. The van der Waals surface area contributed by atoms with Crippen LogP contribution in [0.3, 0.4) is 0 Å². The first kappa shape index (κ1) is 17.0. The van der Waals surface area contributed by atoms with E-state index in [1.54, 1.807) is 0 Å². The van der Waals surface area contributed by atoms with Gasteiger partial charge in [-0.3, -0.25) is 0 Å². The number of aryl methyl sites for hydroxylation is 2. The average Bonchev–Trinajstić information content (AvgIpc) is 2.51. The molecule has 5 heteroatoms. The minimum atomic E-state index is 0.614. The van der Waals surface area contributed by atoms with Gasteiger partial charge < -0.3 is 0 Å². The third-order valence-electron chi connectivity index (χ3n) is 2.92. The van der Waals surface area contributed by atoms with Crippen LogP contribution in [0.4, 0.5) is 0 Å². The van der Waals surface area contributed by atoms with E-state index in [-0.39, 0.29) is 0 Å². The summed E-state index contributed by atoms with van der Waals surface area (Å²) in [6.45, 7) is 0. The van der Waals surface area contributed by atoms with Crippen molar-refractivity contribution in [1.29, 1.82) is 0 Å². The van der Waals surface area contributed by atoms with Gasteiger partial charge in [0, 0.05) is 45.6 Å². The zero-order valence-corrected chi connectivity index (χ0v) is 14.6. The molecule has 0 fully saturated rings. The SMILES string of the molecule is ClCCc1ccccc1SOSc1ccccc1CCCl. The van der Waals surface area contributed by atoms with Gasteiger partial charge >= 0.3 is 0 Å². The van der Waals surface area contributed by atoms with Crippen LogP contribution in [-0.4, -0.2) is 11.8 Å². The van der Waals surface area contributed by atoms with E-state index in [9.17, 15) is 0 Å². The van der Waals surface area contributed by atoms with E-state index in [1.807, 2.05) is 24.3 Å². The van der Waals surface area contributed by atoms with Gasteiger partial charge in [0.05, 0.1) is 0 Å². The Balaban J connectivity index is 1.95. The monoisotopic (exact) mass is 358 g/mol. The lowest BCUT2D eigenvalue weighted by atomic mass is 10.2. The fourth-order valence-electron chi connectivity index (χ4n) is 1.88. The Morgan fingerprint density at radius 1 is 0.714 bits per heavy atom. The third-order valence-corrected chi connectivity index (χ3v) is 5.00. The first-order valence-corrected chi connectivity index (χ1v) is 9.19. The Kier molecular flexibility index (Phi) is 7.83. The summed E-state index contributed by atoms with van der Waals surface area (Å²) in [6.07, 6.45) is 1.70. The number of rotatable bonds is 8. The van der Waals surface area contributed by atoms with Crippen molar-refractivity contribution in [2.45, 2.75) is 22.6 Å². The van der Waals surface area contributed by atoms with Gasteiger partial charge in [-0.05, 0) is 36.1 Å². The normalized spacial score (nSPS) is 10.8. The van der Waals surface area contributed by atoms with Crippen LogP contribution >= 0.6 is 47.3 Å². The van der Waals surface area contributed by atoms with Crippen molar-refractivity contribution in [2.24, 2.45) is 0 Å². The lowest BCUT2D eigenvalue weighted by Crippen LogP contribution is -1.90. The Morgan fingerprint density at radius 3 is 1.57 bits per heavy atom. The van der Waals surface area contributed by atoms with Gasteiger partial charge in [0.15, 0.2) is 0 Å². The van der Waals surface area contributed by atoms with Crippen LogP contribution in [-0.2, 0) is 16.5 Å². The van der Waals surface area contributed by atoms with Crippen molar-refractivity contribution in [1.82, 2.24) is 0 Å². The predicted molar refractivity (Wildman–Crippen MR) is 94.5 cm³/mol. The lowest BCUT2D eigenvalue weighted by molar-refractivity contribution is 0.753. The highest BCUT2D eigenvalue weighted by Gasteiger charge is 2.06. The molecule has 21 heavy (non-hydrogen) atoms. The minimum Gasteiger partial charge on any atom is -0.237 e. The van der Waals surface area contributed by atoms with Crippen LogP contribution in [0.2, 0.25) is 0 Å². The molecule has 0 aromatic heterocycles. The molecule has 2 rings (SSSR count). The van der Waals surface area contributed by atoms with Gasteiger partial charge in [-0.25, -0.2) is 3.63 Å². The molecule has 0 aliphatic carbocycles.